The minimum atomic E-state index is -0.568. The van der Waals surface area contributed by atoms with Gasteiger partial charge in [0.25, 0.3) is 5.56 Å². The number of ether oxygens (including phenoxy) is 1. The Balaban J connectivity index is 1.46. The number of rotatable bonds is 4. The number of benzene rings is 2. The number of aromatic amines is 1. The van der Waals surface area contributed by atoms with E-state index in [0.29, 0.717) is 5.56 Å². The number of amides is 2. The minimum Gasteiger partial charge on any atom is -0.434 e. The van der Waals surface area contributed by atoms with Crippen molar-refractivity contribution in [3.05, 3.63) is 80.2 Å². The second-order valence-corrected chi connectivity index (χ2v) is 9.00. The fourth-order valence-corrected chi connectivity index (χ4v) is 4.61. The molecule has 1 aliphatic heterocycles. The van der Waals surface area contributed by atoms with Crippen LogP contribution in [0.4, 0.5) is 10.5 Å². The number of H-pyrrole nitrogens is 1. The fourth-order valence-electron chi connectivity index (χ4n) is 4.06. The Kier molecular flexibility index (Phi) is 5.96. The van der Waals surface area contributed by atoms with Crippen LogP contribution in [0.25, 0.3) is 11.1 Å². The third kappa shape index (κ3) is 4.48. The number of carbonyl (C=O) groups is 1. The van der Waals surface area contributed by atoms with Gasteiger partial charge in [-0.05, 0) is 54.5 Å². The number of hydrogen-bond donors (Lipinski definition) is 3. The van der Waals surface area contributed by atoms with E-state index < -0.39 is 6.03 Å². The van der Waals surface area contributed by atoms with Crippen LogP contribution in [-0.2, 0) is 12.8 Å². The summed E-state index contributed by atoms with van der Waals surface area (Å²) in [6.07, 6.45) is 4.36. The average Bonchev–Trinajstić information content (AvgIpc) is 2.84. The second-order valence-electron chi connectivity index (χ2n) is 8.19. The van der Waals surface area contributed by atoms with E-state index in [2.05, 4.69) is 33.3 Å². The number of nitrogens with two attached hydrogens (primary N) is 1. The van der Waals surface area contributed by atoms with Gasteiger partial charge in [0, 0.05) is 6.07 Å². The molecule has 0 saturated heterocycles. The lowest BCUT2D eigenvalue weighted by molar-refractivity contribution is 0.248. The van der Waals surface area contributed by atoms with Crippen LogP contribution in [-0.4, -0.2) is 22.1 Å². The normalized spacial score (nSPS) is 15.4. The molecule has 0 atom stereocenters. The van der Waals surface area contributed by atoms with E-state index in [1.807, 2.05) is 12.1 Å². The fraction of sp³-hybridized carbons (Fsp3) is 0.167. The van der Waals surface area contributed by atoms with E-state index in [4.69, 9.17) is 33.7 Å². The highest BCUT2D eigenvalue weighted by Crippen LogP contribution is 2.40. The molecule has 2 amide bonds. The molecule has 0 bridgehead atoms. The number of nitrogens with one attached hydrogen (secondary N) is 2. The number of amidine groups is 1. The van der Waals surface area contributed by atoms with E-state index >= 15 is 0 Å². The Hall–Kier alpha value is -3.82. The van der Waals surface area contributed by atoms with Crippen molar-refractivity contribution in [3.63, 3.8) is 0 Å². The Labute approximate surface area is 210 Å². The maximum absolute atomic E-state index is 12.5. The molecule has 4 N–H and O–H groups in total. The van der Waals surface area contributed by atoms with Crippen molar-refractivity contribution in [1.29, 1.82) is 0 Å². The first-order chi connectivity index (χ1) is 16.8. The molecule has 178 valence electrons. The number of fused-ring (bicyclic) bond motifs is 1. The zero-order valence-corrected chi connectivity index (χ0v) is 19.9. The summed E-state index contributed by atoms with van der Waals surface area (Å²) in [4.78, 5) is 24.8. The second kappa shape index (κ2) is 9.09. The van der Waals surface area contributed by atoms with E-state index in [0.717, 1.165) is 29.8 Å². The van der Waals surface area contributed by atoms with Crippen LogP contribution < -0.4 is 26.4 Å². The predicted molar refractivity (Wildman–Crippen MR) is 135 cm³/mol. The van der Waals surface area contributed by atoms with Crippen LogP contribution in [0.1, 0.15) is 24.0 Å². The van der Waals surface area contributed by atoms with Crippen LogP contribution in [0.5, 0.6) is 11.6 Å². The van der Waals surface area contributed by atoms with Gasteiger partial charge in [-0.3, -0.25) is 4.79 Å². The molecule has 0 unspecified atom stereocenters. The molecule has 0 fully saturated rings. The van der Waals surface area contributed by atoms with Crippen LogP contribution >= 0.6 is 23.2 Å². The molecule has 1 aliphatic carbocycles. The van der Waals surface area contributed by atoms with Crippen molar-refractivity contribution in [2.75, 3.05) is 5.01 Å². The monoisotopic (exact) mass is 510 g/mol. The summed E-state index contributed by atoms with van der Waals surface area (Å²) in [5.74, 6) is 0.249. The molecule has 9 nitrogen and oxygen atoms in total. The molecule has 35 heavy (non-hydrogen) atoms. The molecule has 2 heterocycles. The first-order valence-corrected chi connectivity index (χ1v) is 11.6. The number of carbonyl (C=O) groups excluding carboxylic acids is 1. The molecule has 11 heteroatoms. The maximum atomic E-state index is 12.5. The van der Waals surface area contributed by atoms with Crippen molar-refractivity contribution in [1.82, 2.24) is 15.5 Å². The highest BCUT2D eigenvalue weighted by Gasteiger charge is 2.25. The highest BCUT2D eigenvalue weighted by atomic mass is 35.5. The van der Waals surface area contributed by atoms with Crippen LogP contribution in [0.3, 0.4) is 0 Å². The Bertz CT molecular complexity index is 1440. The smallest absolute Gasteiger partial charge is 0.347 e. The van der Waals surface area contributed by atoms with Crippen molar-refractivity contribution < 1.29 is 9.53 Å². The summed E-state index contributed by atoms with van der Waals surface area (Å²) in [6.45, 7) is 3.61. The van der Waals surface area contributed by atoms with Crippen molar-refractivity contribution in [2.45, 2.75) is 25.7 Å². The summed E-state index contributed by atoms with van der Waals surface area (Å²) < 4.78 is 5.84. The van der Waals surface area contributed by atoms with E-state index in [-0.39, 0.29) is 44.5 Å². The number of nitrogens with zero attached hydrogens (tertiary/aromatic N) is 3. The summed E-state index contributed by atoms with van der Waals surface area (Å²) in [7, 11) is 0. The van der Waals surface area contributed by atoms with E-state index in [9.17, 15) is 9.59 Å². The predicted octanol–water partition coefficient (Wildman–Crippen LogP) is 4.73. The van der Waals surface area contributed by atoms with E-state index in [1.54, 1.807) is 6.07 Å². The zero-order chi connectivity index (χ0) is 24.7. The molecule has 3 aromatic rings. The summed E-state index contributed by atoms with van der Waals surface area (Å²) in [5, 5.41) is 14.1. The van der Waals surface area contributed by atoms with Crippen molar-refractivity contribution >= 4 is 40.8 Å². The largest absolute Gasteiger partial charge is 0.434 e. The quantitative estimate of drug-likeness (QED) is 0.467. The first kappa shape index (κ1) is 22.9. The lowest BCUT2D eigenvalue weighted by atomic mass is 9.89. The topological polar surface area (TPSA) is 126 Å². The number of aromatic nitrogens is 2. The van der Waals surface area contributed by atoms with Crippen molar-refractivity contribution in [2.24, 2.45) is 10.8 Å². The molecule has 1 aromatic heterocycles. The van der Waals surface area contributed by atoms with Crippen LogP contribution in [0, 0.1) is 0 Å². The molecular weight excluding hydrogens is 491 g/mol. The SMILES string of the molecule is C=C1NC(=O)N(c2cc(Cl)c(Oc3cc(-c4ccc5c(c4)CCCC5)c(=O)[nH]n3)c(Cl)c2)N=C1N. The van der Waals surface area contributed by atoms with Gasteiger partial charge in [-0.25, -0.2) is 9.89 Å². The minimum absolute atomic E-state index is 0.0457. The van der Waals surface area contributed by atoms with Gasteiger partial charge in [0.2, 0.25) is 5.88 Å². The third-order valence-corrected chi connectivity index (χ3v) is 6.40. The number of aryl methyl sites for hydroxylation is 2. The number of hydrazone groups is 1. The van der Waals surface area contributed by atoms with Gasteiger partial charge in [-0.15, -0.1) is 10.2 Å². The van der Waals surface area contributed by atoms with Crippen molar-refractivity contribution in [3.8, 4) is 22.8 Å². The molecule has 2 aromatic carbocycles. The van der Waals surface area contributed by atoms with Gasteiger partial charge in [0.05, 0.1) is 27.0 Å². The molecule has 0 radical (unpaired) electrons. The van der Waals surface area contributed by atoms with Gasteiger partial charge in [0.1, 0.15) is 0 Å². The third-order valence-electron chi connectivity index (χ3n) is 5.84. The summed E-state index contributed by atoms with van der Waals surface area (Å²) in [5.41, 5.74) is 9.65. The zero-order valence-electron chi connectivity index (χ0n) is 18.4. The molecule has 5 rings (SSSR count). The van der Waals surface area contributed by atoms with Gasteiger partial charge in [0.15, 0.2) is 11.6 Å². The average molecular weight is 511 g/mol. The lowest BCUT2D eigenvalue weighted by Gasteiger charge is -2.24. The van der Waals surface area contributed by atoms with Crippen LogP contribution in [0.15, 0.2) is 58.6 Å². The molecular formula is C24H20Cl2N6O3. The molecule has 0 saturated carbocycles. The number of hydrogen-bond acceptors (Lipinski definition) is 6. The molecule has 0 spiro atoms. The van der Waals surface area contributed by atoms with Gasteiger partial charge >= 0.3 is 6.03 Å². The number of urea groups is 1. The Morgan fingerprint density at radius 2 is 1.74 bits per heavy atom. The number of halogens is 2. The van der Waals surface area contributed by atoms with Crippen LogP contribution in [0.2, 0.25) is 10.0 Å². The van der Waals surface area contributed by atoms with Gasteiger partial charge in [-0.2, -0.15) is 5.01 Å². The first-order valence-electron chi connectivity index (χ1n) is 10.8. The Morgan fingerprint density at radius 1 is 1.03 bits per heavy atom. The van der Waals surface area contributed by atoms with Gasteiger partial charge < -0.3 is 15.8 Å². The maximum Gasteiger partial charge on any atom is 0.347 e. The summed E-state index contributed by atoms with van der Waals surface area (Å²) >= 11 is 12.8. The summed E-state index contributed by atoms with van der Waals surface area (Å²) in [6, 6.07) is 9.91. The Morgan fingerprint density at radius 3 is 2.49 bits per heavy atom. The van der Waals surface area contributed by atoms with Gasteiger partial charge in [-0.1, -0.05) is 48.0 Å². The number of anilines is 1. The molecule has 2 aliphatic rings. The highest BCUT2D eigenvalue weighted by molar-refractivity contribution is 6.37. The standard InChI is InChI=1S/C24H20Cl2N6O3/c1-12-22(27)31-32(24(34)28-12)16-9-18(25)21(19(26)10-16)35-20-11-17(23(33)30-29-20)15-7-6-13-4-2-3-5-14(13)8-15/h6-11H,1-5H2,(H2,27,31)(H,28,34)(H,30,33). The lowest BCUT2D eigenvalue weighted by Crippen LogP contribution is -2.45. The van der Waals surface area contributed by atoms with E-state index in [1.165, 1.54) is 29.7 Å².